The molecule has 1 amide bonds. The molecule has 0 spiro atoms. The summed E-state index contributed by atoms with van der Waals surface area (Å²) < 4.78 is 0. The van der Waals surface area contributed by atoms with E-state index in [2.05, 4.69) is 0 Å². The molecule has 3 aliphatic rings. The van der Waals surface area contributed by atoms with Gasteiger partial charge in [0.15, 0.2) is 17.2 Å². The van der Waals surface area contributed by atoms with Crippen molar-refractivity contribution in [1.29, 1.82) is 0 Å². The summed E-state index contributed by atoms with van der Waals surface area (Å²) in [5.41, 5.74) is 3.57. The molecule has 4 rings (SSSR count). The maximum absolute atomic E-state index is 13.4. The van der Waals surface area contributed by atoms with E-state index in [0.29, 0.717) is 12.0 Å². The van der Waals surface area contributed by atoms with Gasteiger partial charge in [-0.2, -0.15) is 0 Å². The average molecular weight is 416 g/mol. The number of hydrogen-bond donors (Lipinski definition) is 5. The zero-order chi connectivity index (χ0) is 22.1. The van der Waals surface area contributed by atoms with Crippen molar-refractivity contribution in [3.8, 4) is 5.75 Å². The summed E-state index contributed by atoms with van der Waals surface area (Å²) in [6, 6.07) is 3.11. The lowest BCUT2D eigenvalue weighted by Crippen LogP contribution is -2.64. The van der Waals surface area contributed by atoms with Crippen LogP contribution in [0.3, 0.4) is 0 Å². The average Bonchev–Trinajstić information content (AvgIpc) is 2.64. The molecule has 5 atom stereocenters. The Bertz CT molecular complexity index is 1010. The molecule has 160 valence electrons. The van der Waals surface area contributed by atoms with E-state index in [9.17, 15) is 34.8 Å². The first-order chi connectivity index (χ1) is 14.0. The van der Waals surface area contributed by atoms with Crippen LogP contribution < -0.4 is 10.6 Å². The highest BCUT2D eigenvalue weighted by Crippen LogP contribution is 2.53. The zero-order valence-electron chi connectivity index (χ0n) is 16.6. The minimum atomic E-state index is -2.35. The Labute approximate surface area is 172 Å². The van der Waals surface area contributed by atoms with Crippen LogP contribution in [0.25, 0.3) is 0 Å². The van der Waals surface area contributed by atoms with Gasteiger partial charge in [-0.05, 0) is 36.5 Å². The van der Waals surface area contributed by atoms with Gasteiger partial charge in [-0.25, -0.2) is 0 Å². The molecule has 30 heavy (non-hydrogen) atoms. The molecular formula is C21H24N2O7. The smallest absolute Gasteiger partial charge is 0.255 e. The van der Waals surface area contributed by atoms with E-state index in [1.807, 2.05) is 19.0 Å². The largest absolute Gasteiger partial charge is 0.508 e. The van der Waals surface area contributed by atoms with E-state index >= 15 is 0 Å². The number of amides is 1. The van der Waals surface area contributed by atoms with Crippen LogP contribution >= 0.6 is 0 Å². The zero-order valence-corrected chi connectivity index (χ0v) is 16.6. The van der Waals surface area contributed by atoms with Gasteiger partial charge in [0.05, 0.1) is 11.5 Å². The van der Waals surface area contributed by atoms with Crippen molar-refractivity contribution in [2.45, 2.75) is 31.0 Å². The van der Waals surface area contributed by atoms with Crippen LogP contribution in [0.2, 0.25) is 0 Å². The fraction of sp³-hybridized carbons (Fsp3) is 0.476. The summed E-state index contributed by atoms with van der Waals surface area (Å²) in [6.45, 7) is 0. The van der Waals surface area contributed by atoms with Crippen LogP contribution in [0, 0.1) is 17.8 Å². The van der Waals surface area contributed by atoms with Gasteiger partial charge in [0.2, 0.25) is 0 Å². The fourth-order valence-electron chi connectivity index (χ4n) is 5.47. The number of hydrogen-bond acceptors (Lipinski definition) is 8. The number of aliphatic hydroxyl groups excluding tert-OH is 2. The number of rotatable bonds is 2. The van der Waals surface area contributed by atoms with Crippen LogP contribution in [-0.4, -0.2) is 63.7 Å². The molecule has 0 aliphatic heterocycles. The molecule has 0 heterocycles. The van der Waals surface area contributed by atoms with Crippen LogP contribution in [0.5, 0.6) is 5.75 Å². The predicted molar refractivity (Wildman–Crippen MR) is 105 cm³/mol. The lowest BCUT2D eigenvalue weighted by atomic mass is 9.55. The molecule has 0 radical (unpaired) electrons. The number of ketones is 2. The second kappa shape index (κ2) is 6.55. The van der Waals surface area contributed by atoms with E-state index in [0.717, 1.165) is 5.69 Å². The SMILES string of the molecule is CN(C)c1ccc(O)c2c1CC1CC3CC(=O)C(C(N)=O)=C(O)C3(O)C(O)C1C2=O. The van der Waals surface area contributed by atoms with Crippen molar-refractivity contribution >= 4 is 23.2 Å². The monoisotopic (exact) mass is 416 g/mol. The topological polar surface area (TPSA) is 161 Å². The second-order valence-electron chi connectivity index (χ2n) is 8.62. The molecule has 0 bridgehead atoms. The number of aliphatic hydroxyl groups is 3. The van der Waals surface area contributed by atoms with Gasteiger partial charge >= 0.3 is 0 Å². The Morgan fingerprint density at radius 2 is 1.87 bits per heavy atom. The Kier molecular flexibility index (Phi) is 4.44. The Balaban J connectivity index is 1.86. The van der Waals surface area contributed by atoms with E-state index in [1.54, 1.807) is 6.07 Å². The van der Waals surface area contributed by atoms with Crippen LogP contribution in [0.15, 0.2) is 23.5 Å². The summed E-state index contributed by atoms with van der Waals surface area (Å²) >= 11 is 0. The number of carbonyl (C=O) groups excluding carboxylic acids is 3. The Morgan fingerprint density at radius 1 is 1.20 bits per heavy atom. The number of primary amides is 1. The number of Topliss-reactive ketones (excluding diaryl/α,β-unsaturated/α-hetero) is 2. The highest BCUT2D eigenvalue weighted by atomic mass is 16.4. The van der Waals surface area contributed by atoms with Crippen LogP contribution in [0.1, 0.15) is 28.8 Å². The third-order valence-corrected chi connectivity index (χ3v) is 6.85. The number of fused-ring (bicyclic) bond motifs is 3. The van der Waals surface area contributed by atoms with Gasteiger partial charge in [-0.3, -0.25) is 14.4 Å². The van der Waals surface area contributed by atoms with E-state index in [4.69, 9.17) is 5.73 Å². The summed E-state index contributed by atoms with van der Waals surface area (Å²) in [6.07, 6.45) is -1.53. The fourth-order valence-corrected chi connectivity index (χ4v) is 5.47. The van der Waals surface area contributed by atoms with Crippen molar-refractivity contribution in [1.82, 2.24) is 0 Å². The van der Waals surface area contributed by atoms with Gasteiger partial charge in [0, 0.05) is 32.1 Å². The van der Waals surface area contributed by atoms with Crippen LogP contribution in [-0.2, 0) is 16.0 Å². The molecule has 6 N–H and O–H groups in total. The molecule has 0 saturated heterocycles. The van der Waals surface area contributed by atoms with Gasteiger partial charge in [-0.1, -0.05) is 0 Å². The standard InChI is InChI=1S/C21H24N2O7/c1-23(2)11-3-4-12(24)15-10(11)6-8-5-9-7-13(25)16(20(22)29)19(28)21(9,30)18(27)14(8)17(15)26/h3-4,8-9,14,18,24,27-28,30H,5-7H2,1-2H3,(H2,22,29). The molecular weight excluding hydrogens is 392 g/mol. The summed E-state index contributed by atoms with van der Waals surface area (Å²) in [7, 11) is 3.62. The van der Waals surface area contributed by atoms with Crippen molar-refractivity contribution in [3.63, 3.8) is 0 Å². The molecule has 3 aliphatic carbocycles. The molecule has 9 nitrogen and oxygen atoms in total. The predicted octanol–water partition coefficient (Wildman–Crippen LogP) is -0.188. The number of aromatic hydroxyl groups is 1. The number of nitrogens with two attached hydrogens (primary N) is 1. The lowest BCUT2D eigenvalue weighted by molar-refractivity contribution is -0.170. The molecule has 0 aromatic heterocycles. The molecule has 5 unspecified atom stereocenters. The number of phenols is 1. The third kappa shape index (κ3) is 2.51. The molecule has 9 heteroatoms. The maximum Gasteiger partial charge on any atom is 0.255 e. The highest BCUT2D eigenvalue weighted by Gasteiger charge is 2.62. The first kappa shape index (κ1) is 20.4. The van der Waals surface area contributed by atoms with Gasteiger partial charge in [0.25, 0.3) is 5.91 Å². The summed E-state index contributed by atoms with van der Waals surface area (Å²) in [5, 5.41) is 43.2. The number of nitrogens with zero attached hydrogens (tertiary/aromatic N) is 1. The van der Waals surface area contributed by atoms with Gasteiger partial charge < -0.3 is 31.1 Å². The van der Waals surface area contributed by atoms with Crippen molar-refractivity contribution < 1.29 is 34.8 Å². The minimum Gasteiger partial charge on any atom is -0.508 e. The molecule has 1 aromatic rings. The van der Waals surface area contributed by atoms with E-state index < -0.39 is 58.3 Å². The maximum atomic E-state index is 13.4. The first-order valence-electron chi connectivity index (χ1n) is 9.73. The molecule has 1 saturated carbocycles. The van der Waals surface area contributed by atoms with E-state index in [-0.39, 0.29) is 24.2 Å². The van der Waals surface area contributed by atoms with Crippen molar-refractivity contribution in [2.75, 3.05) is 19.0 Å². The normalized spacial score (nSPS) is 32.9. The Morgan fingerprint density at radius 3 is 2.47 bits per heavy atom. The van der Waals surface area contributed by atoms with Crippen LogP contribution in [0.4, 0.5) is 5.69 Å². The second-order valence-corrected chi connectivity index (χ2v) is 8.62. The lowest BCUT2D eigenvalue weighted by Gasteiger charge is -2.52. The first-order valence-corrected chi connectivity index (χ1v) is 9.73. The summed E-state index contributed by atoms with van der Waals surface area (Å²) in [5.74, 6) is -6.07. The number of carbonyl (C=O) groups is 3. The molecule has 1 fully saturated rings. The highest BCUT2D eigenvalue weighted by molar-refractivity contribution is 6.20. The third-order valence-electron chi connectivity index (χ3n) is 6.85. The minimum absolute atomic E-state index is 0.0778. The Hall–Kier alpha value is -2.91. The van der Waals surface area contributed by atoms with Crippen molar-refractivity contribution in [2.24, 2.45) is 23.5 Å². The van der Waals surface area contributed by atoms with E-state index in [1.165, 1.54) is 6.07 Å². The van der Waals surface area contributed by atoms with Gasteiger partial charge in [0.1, 0.15) is 23.2 Å². The van der Waals surface area contributed by atoms with Crippen molar-refractivity contribution in [3.05, 3.63) is 34.6 Å². The molecule has 1 aromatic carbocycles. The van der Waals surface area contributed by atoms with Gasteiger partial charge in [-0.15, -0.1) is 0 Å². The number of anilines is 1. The number of phenolic OH excluding ortho intramolecular Hbond substituents is 1. The quantitative estimate of drug-likeness (QED) is 0.415. The summed E-state index contributed by atoms with van der Waals surface area (Å²) in [4.78, 5) is 39.2. The number of benzene rings is 1.